The zero-order valence-corrected chi connectivity index (χ0v) is 15.3. The molecule has 0 aliphatic rings. The van der Waals surface area contributed by atoms with Crippen LogP contribution < -0.4 is 5.73 Å². The van der Waals surface area contributed by atoms with Crippen molar-refractivity contribution in [2.24, 2.45) is 5.73 Å². The van der Waals surface area contributed by atoms with Crippen LogP contribution in [0.3, 0.4) is 0 Å². The van der Waals surface area contributed by atoms with Crippen LogP contribution in [0.1, 0.15) is 33.8 Å². The lowest BCUT2D eigenvalue weighted by Crippen LogP contribution is -2.06. The summed E-state index contributed by atoms with van der Waals surface area (Å²) in [7, 11) is 0. The molecule has 0 radical (unpaired) electrons. The van der Waals surface area contributed by atoms with Crippen molar-refractivity contribution in [3.63, 3.8) is 0 Å². The summed E-state index contributed by atoms with van der Waals surface area (Å²) in [4.78, 5) is 9.23. The van der Waals surface area contributed by atoms with Crippen molar-refractivity contribution < 1.29 is 0 Å². The first-order valence-electron chi connectivity index (χ1n) is 8.82. The lowest BCUT2D eigenvalue weighted by atomic mass is 10.1. The van der Waals surface area contributed by atoms with Crippen LogP contribution in [0.2, 0.25) is 0 Å². The summed E-state index contributed by atoms with van der Waals surface area (Å²) in [5.74, 6) is 1.00. The molecule has 0 saturated heterocycles. The second-order valence-electron chi connectivity index (χ2n) is 6.69. The van der Waals surface area contributed by atoms with Crippen molar-refractivity contribution in [2.75, 3.05) is 6.54 Å². The van der Waals surface area contributed by atoms with Crippen LogP contribution in [0, 0.1) is 20.8 Å². The molecular weight excluding hydrogens is 308 g/mol. The fourth-order valence-electron chi connectivity index (χ4n) is 3.25. The Morgan fingerprint density at radius 3 is 2.24 bits per heavy atom. The molecule has 0 aliphatic carbocycles. The Hall–Kier alpha value is -2.46. The molecule has 0 aliphatic heterocycles. The minimum atomic E-state index is 0.656. The number of rotatable bonds is 6. The molecule has 130 valence electrons. The fourth-order valence-corrected chi connectivity index (χ4v) is 3.25. The minimum Gasteiger partial charge on any atom is -0.330 e. The van der Waals surface area contributed by atoms with E-state index in [0.29, 0.717) is 6.54 Å². The highest BCUT2D eigenvalue weighted by Gasteiger charge is 2.08. The number of nitrogens with two attached hydrogens (primary N) is 1. The maximum Gasteiger partial charge on any atom is 0.137 e. The quantitative estimate of drug-likeness (QED) is 0.751. The van der Waals surface area contributed by atoms with Gasteiger partial charge in [0.15, 0.2) is 0 Å². The van der Waals surface area contributed by atoms with E-state index in [-0.39, 0.29) is 0 Å². The van der Waals surface area contributed by atoms with Crippen molar-refractivity contribution in [1.29, 1.82) is 0 Å². The highest BCUT2D eigenvalue weighted by atomic mass is 15.1. The largest absolute Gasteiger partial charge is 0.330 e. The number of nitrogens with zero attached hydrogens (tertiary/aromatic N) is 3. The summed E-state index contributed by atoms with van der Waals surface area (Å²) in [6.07, 6.45) is 6.56. The first-order valence-corrected chi connectivity index (χ1v) is 8.82. The van der Waals surface area contributed by atoms with Crippen molar-refractivity contribution in [1.82, 2.24) is 14.5 Å². The molecule has 0 unspecified atom stereocenters. The van der Waals surface area contributed by atoms with E-state index < -0.39 is 0 Å². The van der Waals surface area contributed by atoms with Gasteiger partial charge >= 0.3 is 0 Å². The van der Waals surface area contributed by atoms with Gasteiger partial charge < -0.3 is 10.3 Å². The summed E-state index contributed by atoms with van der Waals surface area (Å²) in [5.41, 5.74) is 12.9. The van der Waals surface area contributed by atoms with E-state index in [1.165, 1.54) is 28.1 Å². The molecule has 4 heteroatoms. The third kappa shape index (κ3) is 4.15. The molecule has 3 heterocycles. The van der Waals surface area contributed by atoms with Gasteiger partial charge in [0.25, 0.3) is 0 Å². The molecular formula is C21H26N4. The van der Waals surface area contributed by atoms with Crippen LogP contribution in [0.5, 0.6) is 0 Å². The summed E-state index contributed by atoms with van der Waals surface area (Å²) < 4.78 is 2.21. The molecule has 3 rings (SSSR count). The van der Waals surface area contributed by atoms with E-state index in [2.05, 4.69) is 60.7 Å². The predicted molar refractivity (Wildman–Crippen MR) is 102 cm³/mol. The van der Waals surface area contributed by atoms with Crippen molar-refractivity contribution in [3.8, 4) is 5.82 Å². The number of hydrogen-bond donors (Lipinski definition) is 1. The van der Waals surface area contributed by atoms with Crippen LogP contribution in [-0.2, 0) is 19.3 Å². The first kappa shape index (κ1) is 17.4. The van der Waals surface area contributed by atoms with Gasteiger partial charge in [0, 0.05) is 29.5 Å². The van der Waals surface area contributed by atoms with Gasteiger partial charge in [-0.15, -0.1) is 0 Å². The Labute approximate surface area is 149 Å². The molecule has 0 saturated carbocycles. The SMILES string of the molecule is Cc1cc(CCc2cncc(CCN)c2)nc(-n2c(C)ccc2C)c1. The Kier molecular flexibility index (Phi) is 5.29. The van der Waals surface area contributed by atoms with E-state index >= 15 is 0 Å². The lowest BCUT2D eigenvalue weighted by molar-refractivity contribution is 0.855. The van der Waals surface area contributed by atoms with Gasteiger partial charge in [-0.25, -0.2) is 4.98 Å². The molecule has 0 spiro atoms. The Balaban J connectivity index is 1.81. The molecule has 0 amide bonds. The molecule has 0 fully saturated rings. The average molecular weight is 334 g/mol. The van der Waals surface area contributed by atoms with Crippen LogP contribution in [0.15, 0.2) is 42.7 Å². The number of aryl methyl sites for hydroxylation is 5. The van der Waals surface area contributed by atoms with Crippen molar-refractivity contribution in [2.45, 2.75) is 40.0 Å². The maximum absolute atomic E-state index is 5.64. The Morgan fingerprint density at radius 1 is 0.880 bits per heavy atom. The van der Waals surface area contributed by atoms with E-state index in [0.717, 1.165) is 30.8 Å². The first-order chi connectivity index (χ1) is 12.1. The van der Waals surface area contributed by atoms with E-state index in [1.54, 1.807) is 0 Å². The highest BCUT2D eigenvalue weighted by Crippen LogP contribution is 2.17. The van der Waals surface area contributed by atoms with Gasteiger partial charge in [0.1, 0.15) is 5.82 Å². The Bertz CT molecular complexity index is 845. The molecule has 2 N–H and O–H groups in total. The molecule has 0 aromatic carbocycles. The van der Waals surface area contributed by atoms with E-state index in [1.807, 2.05) is 12.4 Å². The van der Waals surface area contributed by atoms with Gasteiger partial charge in [-0.1, -0.05) is 6.07 Å². The predicted octanol–water partition coefficient (Wildman–Crippen LogP) is 3.48. The Morgan fingerprint density at radius 2 is 1.56 bits per heavy atom. The third-order valence-corrected chi connectivity index (χ3v) is 4.46. The van der Waals surface area contributed by atoms with Crippen LogP contribution in [-0.4, -0.2) is 21.1 Å². The summed E-state index contributed by atoms with van der Waals surface area (Å²) in [5, 5.41) is 0. The van der Waals surface area contributed by atoms with E-state index in [9.17, 15) is 0 Å². The maximum atomic E-state index is 5.64. The minimum absolute atomic E-state index is 0.656. The van der Waals surface area contributed by atoms with Gasteiger partial charge in [0.2, 0.25) is 0 Å². The number of hydrogen-bond acceptors (Lipinski definition) is 3. The summed E-state index contributed by atoms with van der Waals surface area (Å²) in [6, 6.07) is 10.8. The zero-order chi connectivity index (χ0) is 17.8. The number of pyridine rings is 2. The van der Waals surface area contributed by atoms with Crippen LogP contribution in [0.4, 0.5) is 0 Å². The van der Waals surface area contributed by atoms with Gasteiger partial charge in [-0.3, -0.25) is 4.98 Å². The van der Waals surface area contributed by atoms with Crippen LogP contribution in [0.25, 0.3) is 5.82 Å². The monoisotopic (exact) mass is 334 g/mol. The summed E-state index contributed by atoms with van der Waals surface area (Å²) in [6.45, 7) is 7.02. The molecule has 3 aromatic rings. The van der Waals surface area contributed by atoms with Crippen molar-refractivity contribution in [3.05, 3.63) is 76.5 Å². The average Bonchev–Trinajstić information content (AvgIpc) is 2.92. The smallest absolute Gasteiger partial charge is 0.137 e. The second kappa shape index (κ2) is 7.62. The lowest BCUT2D eigenvalue weighted by Gasteiger charge is -2.12. The third-order valence-electron chi connectivity index (χ3n) is 4.46. The van der Waals surface area contributed by atoms with Crippen molar-refractivity contribution >= 4 is 0 Å². The number of aromatic nitrogens is 3. The standard InChI is InChI=1S/C21H26N4/c1-15-10-20(7-6-18-12-19(8-9-22)14-23-13-18)24-21(11-15)25-16(2)4-5-17(25)3/h4-5,10-14H,6-9,22H2,1-3H3. The summed E-state index contributed by atoms with van der Waals surface area (Å²) >= 11 is 0. The molecule has 0 bridgehead atoms. The zero-order valence-electron chi connectivity index (χ0n) is 15.3. The fraction of sp³-hybridized carbons (Fsp3) is 0.333. The molecule has 25 heavy (non-hydrogen) atoms. The van der Waals surface area contributed by atoms with Gasteiger partial charge in [-0.05, 0) is 87.5 Å². The van der Waals surface area contributed by atoms with E-state index in [4.69, 9.17) is 10.7 Å². The van der Waals surface area contributed by atoms with Gasteiger partial charge in [-0.2, -0.15) is 0 Å². The topological polar surface area (TPSA) is 56.7 Å². The van der Waals surface area contributed by atoms with Gasteiger partial charge in [0.05, 0.1) is 0 Å². The highest BCUT2D eigenvalue weighted by molar-refractivity contribution is 5.36. The van der Waals surface area contributed by atoms with Crippen LogP contribution >= 0.6 is 0 Å². The molecule has 0 atom stereocenters. The normalized spacial score (nSPS) is 11.0. The molecule has 3 aromatic heterocycles. The second-order valence-corrected chi connectivity index (χ2v) is 6.69. The molecule has 4 nitrogen and oxygen atoms in total.